The van der Waals surface area contributed by atoms with E-state index in [0.717, 1.165) is 11.3 Å². The van der Waals surface area contributed by atoms with Gasteiger partial charge in [0.05, 0.1) is 13.4 Å². The molecule has 0 aliphatic heterocycles. The summed E-state index contributed by atoms with van der Waals surface area (Å²) in [5, 5.41) is 5.60. The highest BCUT2D eigenvalue weighted by molar-refractivity contribution is 5.95. The van der Waals surface area contributed by atoms with Gasteiger partial charge in [-0.05, 0) is 42.2 Å². The number of carbonyl (C=O) groups is 2. The molecule has 2 amide bonds. The smallest absolute Gasteiger partial charge is 0.287 e. The number of ether oxygens (including phenoxy) is 1. The van der Waals surface area contributed by atoms with Crippen LogP contribution in [-0.4, -0.2) is 31.5 Å². The van der Waals surface area contributed by atoms with E-state index in [4.69, 9.17) is 9.15 Å². The summed E-state index contributed by atoms with van der Waals surface area (Å²) in [4.78, 5) is 24.5. The molecule has 2 rings (SSSR count). The highest BCUT2D eigenvalue weighted by atomic mass is 16.5. The lowest BCUT2D eigenvalue weighted by Gasteiger charge is -2.21. The van der Waals surface area contributed by atoms with Gasteiger partial charge in [0.25, 0.3) is 5.91 Å². The average Bonchev–Trinajstić information content (AvgIpc) is 3.14. The molecule has 0 fully saturated rings. The zero-order valence-corrected chi connectivity index (χ0v) is 14.7. The Balaban J connectivity index is 1.86. The van der Waals surface area contributed by atoms with E-state index < -0.39 is 11.9 Å². The summed E-state index contributed by atoms with van der Waals surface area (Å²) in [6.07, 6.45) is 2.13. The SMILES string of the molecule is COc1ccc(CCNC(=O)C(NC(=O)c2ccco2)C(C)C)cc1. The highest BCUT2D eigenvalue weighted by Gasteiger charge is 2.25. The van der Waals surface area contributed by atoms with Crippen LogP contribution < -0.4 is 15.4 Å². The molecule has 0 saturated heterocycles. The van der Waals surface area contributed by atoms with Crippen LogP contribution in [-0.2, 0) is 11.2 Å². The predicted octanol–water partition coefficient (Wildman–Crippen LogP) is 2.40. The Morgan fingerprint density at radius 1 is 1.16 bits per heavy atom. The maximum atomic E-state index is 12.4. The van der Waals surface area contributed by atoms with Gasteiger partial charge >= 0.3 is 0 Å². The number of benzene rings is 1. The van der Waals surface area contributed by atoms with E-state index in [0.29, 0.717) is 13.0 Å². The van der Waals surface area contributed by atoms with Gasteiger partial charge in [0.2, 0.25) is 5.91 Å². The third kappa shape index (κ3) is 5.38. The van der Waals surface area contributed by atoms with Gasteiger partial charge in [0.15, 0.2) is 5.76 Å². The molecule has 0 aliphatic carbocycles. The monoisotopic (exact) mass is 344 g/mol. The fraction of sp³-hybridized carbons (Fsp3) is 0.368. The fourth-order valence-electron chi connectivity index (χ4n) is 2.39. The quantitative estimate of drug-likeness (QED) is 0.770. The number of hydrogen-bond donors (Lipinski definition) is 2. The molecule has 25 heavy (non-hydrogen) atoms. The summed E-state index contributed by atoms with van der Waals surface area (Å²) >= 11 is 0. The molecule has 6 heteroatoms. The molecule has 1 atom stereocenters. The summed E-state index contributed by atoms with van der Waals surface area (Å²) in [6, 6.07) is 10.3. The third-order valence-corrected chi connectivity index (χ3v) is 3.85. The van der Waals surface area contributed by atoms with Crippen LogP contribution >= 0.6 is 0 Å². The standard InChI is InChI=1S/C19H24N2O4/c1-13(2)17(21-18(22)16-5-4-12-25-16)19(23)20-11-10-14-6-8-15(24-3)9-7-14/h4-9,12-13,17H,10-11H2,1-3H3,(H,20,23)(H,21,22). The molecule has 0 spiro atoms. The molecule has 2 N–H and O–H groups in total. The minimum atomic E-state index is -0.617. The van der Waals surface area contributed by atoms with Gasteiger partial charge in [-0.2, -0.15) is 0 Å². The number of carbonyl (C=O) groups excluding carboxylic acids is 2. The fourth-order valence-corrected chi connectivity index (χ4v) is 2.39. The normalized spacial score (nSPS) is 11.8. The van der Waals surface area contributed by atoms with Gasteiger partial charge in [-0.25, -0.2) is 0 Å². The second-order valence-corrected chi connectivity index (χ2v) is 6.06. The molecule has 2 aromatic rings. The van der Waals surface area contributed by atoms with Gasteiger partial charge in [0.1, 0.15) is 11.8 Å². The van der Waals surface area contributed by atoms with E-state index in [1.807, 2.05) is 38.1 Å². The van der Waals surface area contributed by atoms with E-state index in [1.165, 1.54) is 6.26 Å². The third-order valence-electron chi connectivity index (χ3n) is 3.85. The summed E-state index contributed by atoms with van der Waals surface area (Å²) in [5.74, 6) is 0.349. The first kappa shape index (κ1) is 18.6. The summed E-state index contributed by atoms with van der Waals surface area (Å²) < 4.78 is 10.2. The Bertz CT molecular complexity index is 678. The van der Waals surface area contributed by atoms with Crippen LogP contribution in [0.25, 0.3) is 0 Å². The van der Waals surface area contributed by atoms with Crippen LogP contribution in [0.4, 0.5) is 0 Å². The van der Waals surface area contributed by atoms with Crippen LogP contribution in [0.2, 0.25) is 0 Å². The largest absolute Gasteiger partial charge is 0.497 e. The highest BCUT2D eigenvalue weighted by Crippen LogP contribution is 2.11. The average molecular weight is 344 g/mol. The zero-order chi connectivity index (χ0) is 18.2. The second-order valence-electron chi connectivity index (χ2n) is 6.06. The maximum Gasteiger partial charge on any atom is 0.287 e. The molecule has 6 nitrogen and oxygen atoms in total. The minimum Gasteiger partial charge on any atom is -0.497 e. The first-order valence-electron chi connectivity index (χ1n) is 8.26. The maximum absolute atomic E-state index is 12.4. The second kappa shape index (κ2) is 8.92. The lowest BCUT2D eigenvalue weighted by molar-refractivity contribution is -0.123. The van der Waals surface area contributed by atoms with E-state index in [1.54, 1.807) is 19.2 Å². The van der Waals surface area contributed by atoms with Crippen molar-refractivity contribution >= 4 is 11.8 Å². The van der Waals surface area contributed by atoms with Crippen LogP contribution in [0.1, 0.15) is 30.0 Å². The van der Waals surface area contributed by atoms with E-state index >= 15 is 0 Å². The van der Waals surface area contributed by atoms with Crippen molar-refractivity contribution in [1.29, 1.82) is 0 Å². The number of furan rings is 1. The van der Waals surface area contributed by atoms with Crippen LogP contribution in [0, 0.1) is 5.92 Å². The summed E-state index contributed by atoms with van der Waals surface area (Å²) in [5.41, 5.74) is 1.10. The van der Waals surface area contributed by atoms with Crippen molar-refractivity contribution in [2.24, 2.45) is 5.92 Å². The van der Waals surface area contributed by atoms with E-state index in [9.17, 15) is 9.59 Å². The zero-order valence-electron chi connectivity index (χ0n) is 14.7. The number of nitrogens with one attached hydrogen (secondary N) is 2. The molecule has 0 saturated carbocycles. The summed E-state index contributed by atoms with van der Waals surface area (Å²) in [6.45, 7) is 4.26. The van der Waals surface area contributed by atoms with Crippen molar-refractivity contribution in [3.05, 3.63) is 54.0 Å². The van der Waals surface area contributed by atoms with E-state index in [-0.39, 0.29) is 17.6 Å². The molecule has 0 aliphatic rings. The lowest BCUT2D eigenvalue weighted by atomic mass is 10.0. The van der Waals surface area contributed by atoms with E-state index in [2.05, 4.69) is 10.6 Å². The number of rotatable bonds is 8. The molecule has 134 valence electrons. The first-order valence-corrected chi connectivity index (χ1v) is 8.26. The van der Waals surface area contributed by atoms with Crippen LogP contribution in [0.5, 0.6) is 5.75 Å². The molecule has 1 aromatic carbocycles. The molecule has 1 aromatic heterocycles. The van der Waals surface area contributed by atoms with Crippen molar-refractivity contribution in [3.63, 3.8) is 0 Å². The molecule has 0 bridgehead atoms. The number of methoxy groups -OCH3 is 1. The molecular formula is C19H24N2O4. The van der Waals surface area contributed by atoms with Crippen LogP contribution in [0.15, 0.2) is 47.1 Å². The van der Waals surface area contributed by atoms with Crippen molar-refractivity contribution in [3.8, 4) is 5.75 Å². The van der Waals surface area contributed by atoms with Crippen molar-refractivity contribution in [1.82, 2.24) is 10.6 Å². The molecule has 1 heterocycles. The Morgan fingerprint density at radius 3 is 2.44 bits per heavy atom. The molecule has 0 radical (unpaired) electrons. The van der Waals surface area contributed by atoms with Gasteiger partial charge in [-0.3, -0.25) is 9.59 Å². The van der Waals surface area contributed by atoms with Gasteiger partial charge in [0, 0.05) is 6.54 Å². The summed E-state index contributed by atoms with van der Waals surface area (Å²) in [7, 11) is 1.62. The minimum absolute atomic E-state index is 0.0418. The van der Waals surface area contributed by atoms with Crippen molar-refractivity contribution in [2.45, 2.75) is 26.3 Å². The number of hydrogen-bond acceptors (Lipinski definition) is 4. The lowest BCUT2D eigenvalue weighted by Crippen LogP contribution is -2.50. The number of amides is 2. The van der Waals surface area contributed by atoms with Gasteiger partial charge in [-0.15, -0.1) is 0 Å². The topological polar surface area (TPSA) is 80.6 Å². The Hall–Kier alpha value is -2.76. The molecule has 1 unspecified atom stereocenters. The van der Waals surface area contributed by atoms with Crippen LogP contribution in [0.3, 0.4) is 0 Å². The van der Waals surface area contributed by atoms with Crippen molar-refractivity contribution in [2.75, 3.05) is 13.7 Å². The Kier molecular flexibility index (Phi) is 6.62. The molecular weight excluding hydrogens is 320 g/mol. The first-order chi connectivity index (χ1) is 12.0. The van der Waals surface area contributed by atoms with Crippen molar-refractivity contribution < 1.29 is 18.7 Å². The Morgan fingerprint density at radius 2 is 1.88 bits per heavy atom. The predicted molar refractivity (Wildman–Crippen MR) is 94.5 cm³/mol. The van der Waals surface area contributed by atoms with Gasteiger partial charge in [-0.1, -0.05) is 26.0 Å². The van der Waals surface area contributed by atoms with Gasteiger partial charge < -0.3 is 19.8 Å². The Labute approximate surface area is 147 Å².